The van der Waals surface area contributed by atoms with Crippen molar-refractivity contribution in [1.82, 2.24) is 5.32 Å². The van der Waals surface area contributed by atoms with E-state index < -0.39 is 0 Å². The molecule has 1 aromatic rings. The number of anilines is 1. The third-order valence-electron chi connectivity index (χ3n) is 2.18. The Labute approximate surface area is 113 Å². The first-order valence-corrected chi connectivity index (χ1v) is 6.41. The van der Waals surface area contributed by atoms with Crippen LogP contribution < -0.4 is 10.6 Å². The zero-order valence-electron chi connectivity index (χ0n) is 10.7. The summed E-state index contributed by atoms with van der Waals surface area (Å²) in [6, 6.07) is 6.43. The molecule has 0 aliphatic rings. The van der Waals surface area contributed by atoms with Crippen LogP contribution in [0.4, 0.5) is 10.1 Å². The largest absolute Gasteiger partial charge is 0.379 e. The smallest absolute Gasteiger partial charge is 0.170 e. The monoisotopic (exact) mass is 270 g/mol. The molecular formula is C13H19FN2OS. The number of halogens is 1. The summed E-state index contributed by atoms with van der Waals surface area (Å²) in [5, 5.41) is 6.24. The van der Waals surface area contributed by atoms with Crippen LogP contribution in [-0.2, 0) is 4.74 Å². The van der Waals surface area contributed by atoms with Crippen LogP contribution in [0, 0.1) is 5.82 Å². The highest BCUT2D eigenvalue weighted by Crippen LogP contribution is 2.11. The molecule has 1 aromatic carbocycles. The highest BCUT2D eigenvalue weighted by Gasteiger charge is 2.02. The van der Waals surface area contributed by atoms with Crippen LogP contribution in [0.1, 0.15) is 20.3 Å². The van der Waals surface area contributed by atoms with Gasteiger partial charge in [0.05, 0.1) is 11.8 Å². The van der Waals surface area contributed by atoms with Crippen molar-refractivity contribution in [3.63, 3.8) is 0 Å². The predicted octanol–water partition coefficient (Wildman–Crippen LogP) is 2.93. The van der Waals surface area contributed by atoms with Crippen molar-refractivity contribution in [2.24, 2.45) is 0 Å². The average Bonchev–Trinajstić information content (AvgIpc) is 2.31. The molecular weight excluding hydrogens is 251 g/mol. The first-order valence-electron chi connectivity index (χ1n) is 6.00. The van der Waals surface area contributed by atoms with E-state index in [0.29, 0.717) is 24.0 Å². The molecule has 0 radical (unpaired) electrons. The molecule has 0 saturated carbocycles. The number of hydrogen-bond donors (Lipinski definition) is 2. The van der Waals surface area contributed by atoms with Gasteiger partial charge in [-0.2, -0.15) is 0 Å². The zero-order valence-corrected chi connectivity index (χ0v) is 11.5. The van der Waals surface area contributed by atoms with E-state index >= 15 is 0 Å². The number of hydrogen-bond acceptors (Lipinski definition) is 2. The van der Waals surface area contributed by atoms with Gasteiger partial charge in [-0.25, -0.2) is 4.39 Å². The summed E-state index contributed by atoms with van der Waals surface area (Å²) in [5.41, 5.74) is 0.383. The third kappa shape index (κ3) is 5.93. The molecule has 0 atom stereocenters. The van der Waals surface area contributed by atoms with Crippen molar-refractivity contribution >= 4 is 23.0 Å². The first-order chi connectivity index (χ1) is 8.59. The van der Waals surface area contributed by atoms with Gasteiger partial charge in [0.15, 0.2) is 5.11 Å². The Bertz CT molecular complexity index is 385. The molecule has 0 saturated heterocycles. The van der Waals surface area contributed by atoms with Crippen LogP contribution >= 0.6 is 12.2 Å². The quantitative estimate of drug-likeness (QED) is 0.615. The Balaban J connectivity index is 2.20. The van der Waals surface area contributed by atoms with E-state index in [0.717, 1.165) is 6.42 Å². The summed E-state index contributed by atoms with van der Waals surface area (Å²) in [6.45, 7) is 5.38. The minimum atomic E-state index is -0.315. The van der Waals surface area contributed by atoms with E-state index in [1.807, 2.05) is 13.8 Å². The third-order valence-corrected chi connectivity index (χ3v) is 2.43. The molecule has 1 rings (SSSR count). The number of ether oxygens (including phenoxy) is 1. The average molecular weight is 270 g/mol. The topological polar surface area (TPSA) is 33.3 Å². The summed E-state index contributed by atoms with van der Waals surface area (Å²) in [4.78, 5) is 0. The minimum Gasteiger partial charge on any atom is -0.379 e. The van der Waals surface area contributed by atoms with Gasteiger partial charge in [-0.15, -0.1) is 0 Å². The van der Waals surface area contributed by atoms with Crippen LogP contribution in [0.5, 0.6) is 0 Å². The van der Waals surface area contributed by atoms with Gasteiger partial charge >= 0.3 is 0 Å². The standard InChI is InChI=1S/C13H19FN2OS/c1-10(2)17-9-5-8-15-13(18)16-12-7-4-3-6-11(12)14/h3-4,6-7,10H,5,8-9H2,1-2H3,(H2,15,16,18). The number of benzene rings is 1. The molecule has 18 heavy (non-hydrogen) atoms. The molecule has 0 spiro atoms. The maximum absolute atomic E-state index is 13.3. The van der Waals surface area contributed by atoms with Crippen LogP contribution in [-0.4, -0.2) is 24.4 Å². The van der Waals surface area contributed by atoms with Crippen LogP contribution in [0.15, 0.2) is 24.3 Å². The number of para-hydroxylation sites is 1. The van der Waals surface area contributed by atoms with E-state index in [-0.39, 0.29) is 11.9 Å². The molecule has 0 aliphatic carbocycles. The van der Waals surface area contributed by atoms with E-state index in [1.54, 1.807) is 18.2 Å². The normalized spacial score (nSPS) is 10.4. The van der Waals surface area contributed by atoms with Gasteiger partial charge in [0.2, 0.25) is 0 Å². The van der Waals surface area contributed by atoms with E-state index in [1.165, 1.54) is 6.07 Å². The highest BCUT2D eigenvalue weighted by atomic mass is 32.1. The van der Waals surface area contributed by atoms with Crippen LogP contribution in [0.2, 0.25) is 0 Å². The van der Waals surface area contributed by atoms with Crippen molar-refractivity contribution in [2.45, 2.75) is 26.4 Å². The fourth-order valence-electron chi connectivity index (χ4n) is 1.32. The summed E-state index contributed by atoms with van der Waals surface area (Å²) >= 11 is 5.07. The minimum absolute atomic E-state index is 0.244. The van der Waals surface area contributed by atoms with Gasteiger partial charge in [-0.3, -0.25) is 0 Å². The van der Waals surface area contributed by atoms with Gasteiger partial charge in [-0.1, -0.05) is 12.1 Å². The lowest BCUT2D eigenvalue weighted by atomic mass is 10.3. The second-order valence-corrected chi connectivity index (χ2v) is 4.54. The number of rotatable bonds is 6. The molecule has 3 nitrogen and oxygen atoms in total. The SMILES string of the molecule is CC(C)OCCCNC(=S)Nc1ccccc1F. The Morgan fingerprint density at radius 2 is 2.11 bits per heavy atom. The summed E-state index contributed by atoms with van der Waals surface area (Å²) in [6.07, 6.45) is 1.10. The summed E-state index contributed by atoms with van der Waals surface area (Å²) < 4.78 is 18.7. The lowest BCUT2D eigenvalue weighted by Gasteiger charge is -2.11. The summed E-state index contributed by atoms with van der Waals surface area (Å²) in [5.74, 6) is -0.315. The fourth-order valence-corrected chi connectivity index (χ4v) is 1.53. The molecule has 0 bridgehead atoms. The highest BCUT2D eigenvalue weighted by molar-refractivity contribution is 7.80. The lowest BCUT2D eigenvalue weighted by Crippen LogP contribution is -2.30. The summed E-state index contributed by atoms with van der Waals surface area (Å²) in [7, 11) is 0. The lowest BCUT2D eigenvalue weighted by molar-refractivity contribution is 0.0777. The van der Waals surface area contributed by atoms with E-state index in [2.05, 4.69) is 10.6 Å². The Hall–Kier alpha value is -1.20. The Kier molecular flexibility index (Phi) is 6.60. The number of thiocarbonyl (C=S) groups is 1. The molecule has 0 unspecified atom stereocenters. The maximum Gasteiger partial charge on any atom is 0.170 e. The van der Waals surface area contributed by atoms with Crippen molar-refractivity contribution in [3.05, 3.63) is 30.1 Å². The Morgan fingerprint density at radius 1 is 1.39 bits per heavy atom. The second kappa shape index (κ2) is 8.00. The molecule has 0 amide bonds. The van der Waals surface area contributed by atoms with Gasteiger partial charge in [0.1, 0.15) is 5.82 Å². The second-order valence-electron chi connectivity index (χ2n) is 4.13. The molecule has 5 heteroatoms. The van der Waals surface area contributed by atoms with Gasteiger partial charge in [0, 0.05) is 13.2 Å². The van der Waals surface area contributed by atoms with Crippen LogP contribution in [0.3, 0.4) is 0 Å². The molecule has 0 heterocycles. The van der Waals surface area contributed by atoms with Gasteiger partial charge in [-0.05, 0) is 44.6 Å². The molecule has 0 aliphatic heterocycles. The first kappa shape index (κ1) is 14.9. The van der Waals surface area contributed by atoms with E-state index in [9.17, 15) is 4.39 Å². The van der Waals surface area contributed by atoms with Crippen molar-refractivity contribution < 1.29 is 9.13 Å². The van der Waals surface area contributed by atoms with E-state index in [4.69, 9.17) is 17.0 Å². The molecule has 0 aromatic heterocycles. The number of nitrogens with one attached hydrogen (secondary N) is 2. The molecule has 2 N–H and O–H groups in total. The van der Waals surface area contributed by atoms with Crippen molar-refractivity contribution in [3.8, 4) is 0 Å². The Morgan fingerprint density at radius 3 is 2.78 bits per heavy atom. The molecule has 100 valence electrons. The van der Waals surface area contributed by atoms with Crippen LogP contribution in [0.25, 0.3) is 0 Å². The van der Waals surface area contributed by atoms with Gasteiger partial charge in [0.25, 0.3) is 0 Å². The maximum atomic E-state index is 13.3. The predicted molar refractivity (Wildman–Crippen MR) is 76.3 cm³/mol. The van der Waals surface area contributed by atoms with Gasteiger partial charge < -0.3 is 15.4 Å². The molecule has 0 fully saturated rings. The fraction of sp³-hybridized carbons (Fsp3) is 0.462. The zero-order chi connectivity index (χ0) is 13.4. The van der Waals surface area contributed by atoms with Crippen molar-refractivity contribution in [1.29, 1.82) is 0 Å². The van der Waals surface area contributed by atoms with Crippen molar-refractivity contribution in [2.75, 3.05) is 18.5 Å².